The summed E-state index contributed by atoms with van der Waals surface area (Å²) >= 11 is 8.37. The van der Waals surface area contributed by atoms with E-state index in [2.05, 4.69) is 36.8 Å². The van der Waals surface area contributed by atoms with Gasteiger partial charge in [0, 0.05) is 4.47 Å². The summed E-state index contributed by atoms with van der Waals surface area (Å²) in [6, 6.07) is 1.92. The molecule has 1 aromatic heterocycles. The number of benzene rings is 1. The lowest BCUT2D eigenvalue weighted by atomic mass is 10.3. The molecule has 0 bridgehead atoms. The van der Waals surface area contributed by atoms with Crippen LogP contribution in [0.3, 0.4) is 0 Å². The normalized spacial score (nSPS) is 10.8. The van der Waals surface area contributed by atoms with Gasteiger partial charge >= 0.3 is 0 Å². The zero-order valence-electron chi connectivity index (χ0n) is 5.84. The number of nitrogens with zero attached hydrogens (tertiary/aromatic N) is 1. The number of fused-ring (bicyclic) bond motifs is 1. The van der Waals surface area contributed by atoms with E-state index >= 15 is 0 Å². The molecule has 0 unspecified atom stereocenters. The summed E-state index contributed by atoms with van der Waals surface area (Å²) in [4.78, 5) is 4.18. The fourth-order valence-electron chi connectivity index (χ4n) is 0.947. The molecule has 0 amide bonds. The van der Waals surface area contributed by atoms with Crippen LogP contribution in [-0.4, -0.2) is 4.98 Å². The predicted octanol–water partition coefficient (Wildman–Crippen LogP) is 3.40. The zero-order chi connectivity index (χ0) is 8.72. The Morgan fingerprint density at radius 3 is 2.92 bits per heavy atom. The molecule has 12 heavy (non-hydrogen) atoms. The molecule has 0 radical (unpaired) electrons. The minimum atomic E-state index is 0.728. The Labute approximate surface area is 90.0 Å². The summed E-state index contributed by atoms with van der Waals surface area (Å²) < 4.78 is 2.90. The van der Waals surface area contributed by atoms with Crippen molar-refractivity contribution in [3.8, 4) is 0 Å². The fraction of sp³-hybridized carbons (Fsp3) is 0. The molecular weight excluding hydrogens is 304 g/mol. The predicted molar refractivity (Wildman–Crippen MR) is 59.4 cm³/mol. The van der Waals surface area contributed by atoms with Crippen LogP contribution in [0.15, 0.2) is 20.5 Å². The van der Waals surface area contributed by atoms with Gasteiger partial charge in [0.15, 0.2) is 0 Å². The highest BCUT2D eigenvalue weighted by molar-refractivity contribution is 9.11. The van der Waals surface area contributed by atoms with E-state index in [0.717, 1.165) is 24.8 Å². The third-order valence-electron chi connectivity index (χ3n) is 1.55. The van der Waals surface area contributed by atoms with E-state index in [1.54, 1.807) is 16.8 Å². The first-order chi connectivity index (χ1) is 5.70. The SMILES string of the molecule is Nc1c(Br)cc2ncsc2c1Br. The molecule has 1 aromatic carbocycles. The first kappa shape index (κ1) is 8.47. The number of hydrogen-bond acceptors (Lipinski definition) is 3. The first-order valence-corrected chi connectivity index (χ1v) is 5.63. The lowest BCUT2D eigenvalue weighted by molar-refractivity contribution is 1.49. The minimum absolute atomic E-state index is 0.728. The smallest absolute Gasteiger partial charge is 0.0836 e. The monoisotopic (exact) mass is 306 g/mol. The topological polar surface area (TPSA) is 38.9 Å². The first-order valence-electron chi connectivity index (χ1n) is 3.17. The van der Waals surface area contributed by atoms with E-state index in [-0.39, 0.29) is 0 Å². The fourth-order valence-corrected chi connectivity index (χ4v) is 3.04. The second-order valence-corrected chi connectivity index (χ2v) is 4.79. The van der Waals surface area contributed by atoms with Crippen LogP contribution >= 0.6 is 43.2 Å². The van der Waals surface area contributed by atoms with Gasteiger partial charge in [-0.25, -0.2) is 4.98 Å². The molecule has 2 rings (SSSR count). The van der Waals surface area contributed by atoms with Crippen molar-refractivity contribution in [1.82, 2.24) is 4.98 Å². The van der Waals surface area contributed by atoms with Crippen LogP contribution in [0.25, 0.3) is 10.2 Å². The van der Waals surface area contributed by atoms with Gasteiger partial charge in [-0.15, -0.1) is 11.3 Å². The molecule has 0 aliphatic carbocycles. The zero-order valence-corrected chi connectivity index (χ0v) is 9.83. The van der Waals surface area contributed by atoms with Crippen molar-refractivity contribution in [2.75, 3.05) is 5.73 Å². The molecule has 2 nitrogen and oxygen atoms in total. The molecule has 62 valence electrons. The molecule has 1 heterocycles. The van der Waals surface area contributed by atoms with Gasteiger partial charge in [-0.1, -0.05) is 0 Å². The summed E-state index contributed by atoms with van der Waals surface area (Å²) in [7, 11) is 0. The summed E-state index contributed by atoms with van der Waals surface area (Å²) in [5.41, 5.74) is 9.29. The lowest BCUT2D eigenvalue weighted by Crippen LogP contribution is -1.88. The van der Waals surface area contributed by atoms with Crippen molar-refractivity contribution in [2.24, 2.45) is 0 Å². The van der Waals surface area contributed by atoms with Crippen molar-refractivity contribution in [1.29, 1.82) is 0 Å². The number of aromatic nitrogens is 1. The molecule has 2 aromatic rings. The minimum Gasteiger partial charge on any atom is -0.397 e. The van der Waals surface area contributed by atoms with Crippen LogP contribution in [0.5, 0.6) is 0 Å². The Balaban J connectivity index is 2.94. The number of rotatable bonds is 0. The summed E-state index contributed by atoms with van der Waals surface area (Å²) in [6.07, 6.45) is 0. The Bertz CT molecular complexity index is 438. The molecular formula is C7H4Br2N2S. The van der Waals surface area contributed by atoms with Gasteiger partial charge < -0.3 is 5.73 Å². The van der Waals surface area contributed by atoms with Gasteiger partial charge in [0.25, 0.3) is 0 Å². The third kappa shape index (κ3) is 1.16. The van der Waals surface area contributed by atoms with Gasteiger partial charge in [0.2, 0.25) is 0 Å². The standard InChI is InChI=1S/C7H4Br2N2S/c8-3-1-4-7(12-2-11-4)5(9)6(3)10/h1-2H,10H2. The average Bonchev–Trinajstić information content (AvgIpc) is 2.48. The summed E-state index contributed by atoms with van der Waals surface area (Å²) in [5, 5.41) is 0. The number of nitrogens with two attached hydrogens (primary N) is 1. The number of thiazole rings is 1. The molecule has 0 aliphatic rings. The van der Waals surface area contributed by atoms with E-state index in [4.69, 9.17) is 5.73 Å². The van der Waals surface area contributed by atoms with Crippen LogP contribution in [0, 0.1) is 0 Å². The molecule has 0 atom stereocenters. The van der Waals surface area contributed by atoms with Crippen LogP contribution in [0.4, 0.5) is 5.69 Å². The largest absolute Gasteiger partial charge is 0.397 e. The van der Waals surface area contributed by atoms with Gasteiger partial charge in [0.05, 0.1) is 25.9 Å². The second kappa shape index (κ2) is 2.97. The van der Waals surface area contributed by atoms with Crippen molar-refractivity contribution in [2.45, 2.75) is 0 Å². The Hall–Kier alpha value is -0.130. The highest BCUT2D eigenvalue weighted by atomic mass is 79.9. The van der Waals surface area contributed by atoms with Gasteiger partial charge in [-0.05, 0) is 37.9 Å². The number of nitrogen functional groups attached to an aromatic ring is 1. The quantitative estimate of drug-likeness (QED) is 0.758. The third-order valence-corrected chi connectivity index (χ3v) is 4.15. The molecule has 0 spiro atoms. The van der Waals surface area contributed by atoms with Crippen LogP contribution in [0.1, 0.15) is 0 Å². The lowest BCUT2D eigenvalue weighted by Gasteiger charge is -2.00. The highest BCUT2D eigenvalue weighted by Gasteiger charge is 2.08. The van der Waals surface area contributed by atoms with E-state index in [9.17, 15) is 0 Å². The van der Waals surface area contributed by atoms with Crippen molar-refractivity contribution >= 4 is 59.1 Å². The summed E-state index contributed by atoms with van der Waals surface area (Å²) in [5.74, 6) is 0. The van der Waals surface area contributed by atoms with E-state index in [1.807, 2.05) is 6.07 Å². The Morgan fingerprint density at radius 1 is 1.42 bits per heavy atom. The van der Waals surface area contributed by atoms with E-state index in [0.29, 0.717) is 0 Å². The van der Waals surface area contributed by atoms with Crippen LogP contribution < -0.4 is 5.73 Å². The van der Waals surface area contributed by atoms with Crippen molar-refractivity contribution < 1.29 is 0 Å². The van der Waals surface area contributed by atoms with Crippen molar-refractivity contribution in [3.05, 3.63) is 20.5 Å². The molecule has 0 aliphatic heterocycles. The molecule has 0 saturated carbocycles. The Kier molecular flexibility index (Phi) is 2.10. The van der Waals surface area contributed by atoms with E-state index in [1.165, 1.54) is 0 Å². The van der Waals surface area contributed by atoms with E-state index < -0.39 is 0 Å². The molecule has 2 N–H and O–H groups in total. The number of hydrogen-bond donors (Lipinski definition) is 1. The number of halogens is 2. The van der Waals surface area contributed by atoms with Gasteiger partial charge in [0.1, 0.15) is 0 Å². The molecule has 5 heteroatoms. The maximum Gasteiger partial charge on any atom is 0.0836 e. The van der Waals surface area contributed by atoms with Crippen LogP contribution in [0.2, 0.25) is 0 Å². The van der Waals surface area contributed by atoms with Crippen molar-refractivity contribution in [3.63, 3.8) is 0 Å². The average molecular weight is 308 g/mol. The summed E-state index contributed by atoms with van der Waals surface area (Å²) in [6.45, 7) is 0. The Morgan fingerprint density at radius 2 is 2.17 bits per heavy atom. The molecule has 0 saturated heterocycles. The molecule has 0 fully saturated rings. The van der Waals surface area contributed by atoms with Gasteiger partial charge in [-0.3, -0.25) is 0 Å². The number of anilines is 1. The highest BCUT2D eigenvalue weighted by Crippen LogP contribution is 2.36. The van der Waals surface area contributed by atoms with Crippen LogP contribution in [-0.2, 0) is 0 Å². The maximum absolute atomic E-state index is 5.79. The maximum atomic E-state index is 5.79. The second-order valence-electron chi connectivity index (χ2n) is 2.29. The van der Waals surface area contributed by atoms with Gasteiger partial charge in [-0.2, -0.15) is 0 Å².